The van der Waals surface area contributed by atoms with E-state index >= 15 is 0 Å². The van der Waals surface area contributed by atoms with Crippen LogP contribution in [0.25, 0.3) is 6.08 Å². The third-order valence-electron chi connectivity index (χ3n) is 6.23. The number of aromatic nitrogens is 1. The van der Waals surface area contributed by atoms with Crippen LogP contribution in [0.2, 0.25) is 0 Å². The van der Waals surface area contributed by atoms with Crippen molar-refractivity contribution in [2.75, 3.05) is 20.8 Å². The summed E-state index contributed by atoms with van der Waals surface area (Å²) in [6, 6.07) is 11.0. The Kier molecular flexibility index (Phi) is 8.04. The van der Waals surface area contributed by atoms with Crippen LogP contribution in [-0.4, -0.2) is 31.4 Å². The van der Waals surface area contributed by atoms with Gasteiger partial charge in [-0.2, -0.15) is 0 Å². The van der Waals surface area contributed by atoms with Crippen molar-refractivity contribution in [1.29, 1.82) is 0 Å². The lowest BCUT2D eigenvalue weighted by Gasteiger charge is -2.25. The van der Waals surface area contributed by atoms with Gasteiger partial charge in [-0.05, 0) is 59.0 Å². The van der Waals surface area contributed by atoms with Crippen LogP contribution in [0.3, 0.4) is 0 Å². The van der Waals surface area contributed by atoms with Gasteiger partial charge in [0.05, 0.1) is 47.1 Å². The number of hydrogen-bond acceptors (Lipinski definition) is 7. The Bertz CT molecular complexity index is 1550. The molecule has 1 unspecified atom stereocenters. The molecular weight excluding hydrogens is 556 g/mol. The second kappa shape index (κ2) is 11.1. The Morgan fingerprint density at radius 2 is 1.84 bits per heavy atom. The molecule has 0 bridgehead atoms. The molecule has 194 valence electrons. The second-order valence-electron chi connectivity index (χ2n) is 8.85. The van der Waals surface area contributed by atoms with Crippen molar-refractivity contribution >= 4 is 39.3 Å². The van der Waals surface area contributed by atoms with Crippen LogP contribution in [0.1, 0.15) is 56.3 Å². The minimum atomic E-state index is -0.650. The topological polar surface area (TPSA) is 79.1 Å². The fourth-order valence-corrected chi connectivity index (χ4v) is 5.87. The molecule has 0 spiro atoms. The summed E-state index contributed by atoms with van der Waals surface area (Å²) in [6.45, 7) is 8.01. The SMILES string of the molecule is CCOC(=O)C1=C(C)N=c2sc(=Cc3cc(Br)c(OC)cc3OC)c(=O)n2C1c1ccc(C(C)C)cc1. The molecule has 0 N–H and O–H groups in total. The van der Waals surface area contributed by atoms with E-state index in [0.717, 1.165) is 10.0 Å². The standard InChI is InChI=1S/C28H29BrN2O5S/c1-7-36-27(33)24-16(4)30-28-31(25(24)18-10-8-17(9-11-18)15(2)3)26(32)23(37-28)13-19-12-20(29)22(35-6)14-21(19)34-5/h8-15,25H,7H2,1-6H3. The Hall–Kier alpha value is -3.17. The molecule has 2 aromatic carbocycles. The highest BCUT2D eigenvalue weighted by Crippen LogP contribution is 2.34. The first-order valence-electron chi connectivity index (χ1n) is 11.9. The van der Waals surface area contributed by atoms with Gasteiger partial charge in [-0.3, -0.25) is 9.36 Å². The maximum absolute atomic E-state index is 13.8. The summed E-state index contributed by atoms with van der Waals surface area (Å²) in [5.74, 6) is 1.07. The van der Waals surface area contributed by atoms with E-state index in [1.54, 1.807) is 44.8 Å². The summed E-state index contributed by atoms with van der Waals surface area (Å²) >= 11 is 4.77. The predicted octanol–water partition coefficient (Wildman–Crippen LogP) is 4.70. The Balaban J connectivity index is 1.95. The van der Waals surface area contributed by atoms with Crippen molar-refractivity contribution in [3.8, 4) is 11.5 Å². The average molecular weight is 586 g/mol. The molecular formula is C28H29BrN2O5S. The van der Waals surface area contributed by atoms with Crippen LogP contribution in [-0.2, 0) is 9.53 Å². The van der Waals surface area contributed by atoms with Gasteiger partial charge in [0.15, 0.2) is 4.80 Å². The van der Waals surface area contributed by atoms with Crippen LogP contribution in [0.15, 0.2) is 61.9 Å². The van der Waals surface area contributed by atoms with Crippen molar-refractivity contribution < 1.29 is 19.0 Å². The minimum absolute atomic E-state index is 0.227. The summed E-state index contributed by atoms with van der Waals surface area (Å²) in [6.07, 6.45) is 1.77. The van der Waals surface area contributed by atoms with Crippen LogP contribution in [0.5, 0.6) is 11.5 Å². The molecule has 0 radical (unpaired) electrons. The molecule has 1 atom stereocenters. The van der Waals surface area contributed by atoms with Crippen LogP contribution < -0.4 is 24.4 Å². The normalized spacial score (nSPS) is 15.5. The quantitative estimate of drug-likeness (QED) is 0.376. The van der Waals surface area contributed by atoms with E-state index in [1.165, 1.54) is 16.9 Å². The minimum Gasteiger partial charge on any atom is -0.496 e. The molecule has 9 heteroatoms. The molecule has 7 nitrogen and oxygen atoms in total. The number of hydrogen-bond donors (Lipinski definition) is 0. The number of benzene rings is 2. The number of carbonyl (C=O) groups is 1. The van der Waals surface area contributed by atoms with Crippen molar-refractivity contribution in [3.05, 3.63) is 88.5 Å². The van der Waals surface area contributed by atoms with Gasteiger partial charge in [-0.15, -0.1) is 0 Å². The van der Waals surface area contributed by atoms with Gasteiger partial charge < -0.3 is 14.2 Å². The van der Waals surface area contributed by atoms with E-state index in [9.17, 15) is 9.59 Å². The zero-order valence-corrected chi connectivity index (χ0v) is 24.0. The Morgan fingerprint density at radius 1 is 1.16 bits per heavy atom. The van der Waals surface area contributed by atoms with Gasteiger partial charge in [0.2, 0.25) is 0 Å². The highest BCUT2D eigenvalue weighted by atomic mass is 79.9. The second-order valence-corrected chi connectivity index (χ2v) is 10.7. The number of allylic oxidation sites excluding steroid dienone is 1. The van der Waals surface area contributed by atoms with Crippen LogP contribution in [0, 0.1) is 0 Å². The summed E-state index contributed by atoms with van der Waals surface area (Å²) in [4.78, 5) is 32.1. The number of esters is 1. The zero-order chi connectivity index (χ0) is 26.9. The first-order valence-corrected chi connectivity index (χ1v) is 13.5. The number of rotatable bonds is 7. The molecule has 0 fully saturated rings. The molecule has 0 aliphatic carbocycles. The first-order chi connectivity index (χ1) is 17.7. The molecule has 37 heavy (non-hydrogen) atoms. The Labute approximate surface area is 227 Å². The number of methoxy groups -OCH3 is 2. The fourth-order valence-electron chi connectivity index (χ4n) is 4.31. The van der Waals surface area contributed by atoms with Gasteiger partial charge in [0.1, 0.15) is 11.5 Å². The maximum atomic E-state index is 13.8. The third-order valence-corrected chi connectivity index (χ3v) is 7.83. The van der Waals surface area contributed by atoms with E-state index in [2.05, 4.69) is 34.8 Å². The lowest BCUT2D eigenvalue weighted by molar-refractivity contribution is -0.139. The monoisotopic (exact) mass is 584 g/mol. The molecule has 0 saturated carbocycles. The highest BCUT2D eigenvalue weighted by Gasteiger charge is 2.33. The summed E-state index contributed by atoms with van der Waals surface area (Å²) in [7, 11) is 3.14. The largest absolute Gasteiger partial charge is 0.496 e. The van der Waals surface area contributed by atoms with E-state index in [4.69, 9.17) is 14.2 Å². The Morgan fingerprint density at radius 3 is 2.43 bits per heavy atom. The van der Waals surface area contributed by atoms with Crippen molar-refractivity contribution in [1.82, 2.24) is 4.57 Å². The smallest absolute Gasteiger partial charge is 0.338 e. The first kappa shape index (κ1) is 26.9. The van der Waals surface area contributed by atoms with Crippen molar-refractivity contribution in [3.63, 3.8) is 0 Å². The van der Waals surface area contributed by atoms with Crippen molar-refractivity contribution in [2.24, 2.45) is 4.99 Å². The van der Waals surface area contributed by atoms with E-state index < -0.39 is 12.0 Å². The summed E-state index contributed by atoms with van der Waals surface area (Å²) < 4.78 is 19.1. The average Bonchev–Trinajstić information content (AvgIpc) is 3.17. The van der Waals surface area contributed by atoms with Gasteiger partial charge in [0.25, 0.3) is 5.56 Å². The molecule has 2 heterocycles. The van der Waals surface area contributed by atoms with E-state index in [-0.39, 0.29) is 12.2 Å². The third kappa shape index (κ3) is 5.15. The molecule has 3 aromatic rings. The van der Waals surface area contributed by atoms with Crippen molar-refractivity contribution in [2.45, 2.75) is 39.7 Å². The summed E-state index contributed by atoms with van der Waals surface area (Å²) in [5.41, 5.74) is 3.35. The van der Waals surface area contributed by atoms with Gasteiger partial charge in [-0.25, -0.2) is 9.79 Å². The lowest BCUT2D eigenvalue weighted by atomic mass is 9.93. The number of nitrogens with zero attached hydrogens (tertiary/aromatic N) is 2. The summed E-state index contributed by atoms with van der Waals surface area (Å²) in [5, 5.41) is 0. The molecule has 1 aliphatic heterocycles. The number of carbonyl (C=O) groups excluding carboxylic acids is 1. The van der Waals surface area contributed by atoms with E-state index in [1.807, 2.05) is 30.3 Å². The lowest BCUT2D eigenvalue weighted by Crippen LogP contribution is -2.39. The maximum Gasteiger partial charge on any atom is 0.338 e. The van der Waals surface area contributed by atoms with Crippen LogP contribution >= 0.6 is 27.3 Å². The van der Waals surface area contributed by atoms with E-state index in [0.29, 0.717) is 43.6 Å². The number of ether oxygens (including phenoxy) is 3. The zero-order valence-electron chi connectivity index (χ0n) is 21.6. The van der Waals surface area contributed by atoms with Gasteiger partial charge in [-0.1, -0.05) is 49.4 Å². The molecule has 0 saturated heterocycles. The molecule has 1 aromatic heterocycles. The molecule has 0 amide bonds. The fraction of sp³-hybridized carbons (Fsp3) is 0.321. The highest BCUT2D eigenvalue weighted by molar-refractivity contribution is 9.10. The van der Waals surface area contributed by atoms with Gasteiger partial charge >= 0.3 is 5.97 Å². The van der Waals surface area contributed by atoms with Gasteiger partial charge in [0, 0.05) is 11.6 Å². The molecule has 1 aliphatic rings. The number of fused-ring (bicyclic) bond motifs is 1. The number of thiazole rings is 1. The molecule has 4 rings (SSSR count). The van der Waals surface area contributed by atoms with Crippen LogP contribution in [0.4, 0.5) is 0 Å². The predicted molar refractivity (Wildman–Crippen MR) is 148 cm³/mol. The number of halogens is 1.